The molecule has 13 heteroatoms. The molecule has 0 saturated carbocycles. The molecule has 5 N–H and O–H groups in total. The molecule has 2 heterocycles. The van der Waals surface area contributed by atoms with Crippen LogP contribution in [-0.2, 0) is 13.8 Å². The van der Waals surface area contributed by atoms with E-state index in [4.69, 9.17) is 14.5 Å². The van der Waals surface area contributed by atoms with Crippen molar-refractivity contribution in [2.24, 2.45) is 0 Å². The number of aromatic amines is 1. The van der Waals surface area contributed by atoms with Crippen molar-refractivity contribution in [1.82, 2.24) is 14.5 Å². The summed E-state index contributed by atoms with van der Waals surface area (Å²) in [5, 5.41) is 19.6. The van der Waals surface area contributed by atoms with Crippen molar-refractivity contribution in [2.45, 2.75) is 45.3 Å². The van der Waals surface area contributed by atoms with E-state index in [1.54, 1.807) is 0 Å². The van der Waals surface area contributed by atoms with Crippen LogP contribution in [0, 0.1) is 0 Å². The molecular formula is C15H28N3O9P. The lowest BCUT2D eigenvalue weighted by molar-refractivity contribution is -0.0543. The van der Waals surface area contributed by atoms with E-state index >= 15 is 0 Å². The molecule has 0 spiro atoms. The van der Waals surface area contributed by atoms with Crippen molar-refractivity contribution in [3.05, 3.63) is 33.1 Å². The lowest BCUT2D eigenvalue weighted by Crippen LogP contribution is -2.37. The summed E-state index contributed by atoms with van der Waals surface area (Å²) in [6.45, 7) is 9.44. The van der Waals surface area contributed by atoms with Crippen LogP contribution in [0.15, 0.2) is 21.9 Å². The average molecular weight is 425 g/mol. The number of hydrogen-bond acceptors (Lipinski definition) is 8. The predicted octanol–water partition coefficient (Wildman–Crippen LogP) is -1.39. The number of aliphatic hydroxyl groups is 2. The maximum absolute atomic E-state index is 11.6. The van der Waals surface area contributed by atoms with Crippen molar-refractivity contribution in [3.63, 3.8) is 0 Å². The van der Waals surface area contributed by atoms with Crippen molar-refractivity contribution < 1.29 is 33.8 Å². The maximum atomic E-state index is 11.6. The van der Waals surface area contributed by atoms with Gasteiger partial charge in [0.05, 0.1) is 6.61 Å². The Labute approximate surface area is 161 Å². The van der Waals surface area contributed by atoms with Gasteiger partial charge in [-0.3, -0.25) is 18.9 Å². The first kappa shape index (κ1) is 24.7. The second-order valence-electron chi connectivity index (χ2n) is 5.97. The number of phosphoric acid groups is 1. The molecular weight excluding hydrogens is 397 g/mol. The highest BCUT2D eigenvalue weighted by atomic mass is 31.2. The largest absolute Gasteiger partial charge is 0.469 e. The highest BCUT2D eigenvalue weighted by Gasteiger charge is 2.44. The summed E-state index contributed by atoms with van der Waals surface area (Å²) in [7, 11) is -4.76. The molecule has 162 valence electrons. The molecule has 0 aromatic carbocycles. The molecule has 0 bridgehead atoms. The number of H-pyrrole nitrogens is 1. The van der Waals surface area contributed by atoms with Gasteiger partial charge in [0, 0.05) is 12.3 Å². The Bertz CT molecular complexity index is 752. The Hall–Kier alpha value is -1.37. The van der Waals surface area contributed by atoms with Crippen LogP contribution in [-0.4, -0.2) is 79.0 Å². The summed E-state index contributed by atoms with van der Waals surface area (Å²) in [6.07, 6.45) is -4.58. The van der Waals surface area contributed by atoms with Crippen LogP contribution in [0.2, 0.25) is 0 Å². The molecule has 28 heavy (non-hydrogen) atoms. The van der Waals surface area contributed by atoms with Crippen molar-refractivity contribution in [1.29, 1.82) is 0 Å². The minimum Gasteiger partial charge on any atom is -0.387 e. The quantitative estimate of drug-likeness (QED) is 0.327. The fourth-order valence-corrected chi connectivity index (χ4v) is 2.91. The van der Waals surface area contributed by atoms with E-state index in [1.807, 2.05) is 4.98 Å². The topological polar surface area (TPSA) is 175 Å². The van der Waals surface area contributed by atoms with E-state index in [1.165, 1.54) is 19.6 Å². The van der Waals surface area contributed by atoms with Gasteiger partial charge >= 0.3 is 13.5 Å². The summed E-state index contributed by atoms with van der Waals surface area (Å²) < 4.78 is 20.8. The average Bonchev–Trinajstić information content (AvgIpc) is 2.90. The van der Waals surface area contributed by atoms with Gasteiger partial charge in [0.1, 0.15) is 18.3 Å². The van der Waals surface area contributed by atoms with E-state index in [9.17, 15) is 24.4 Å². The van der Waals surface area contributed by atoms with Gasteiger partial charge in [-0.25, -0.2) is 9.36 Å². The first-order valence-corrected chi connectivity index (χ1v) is 10.3. The third-order valence-electron chi connectivity index (χ3n) is 4.21. The first-order valence-electron chi connectivity index (χ1n) is 8.79. The van der Waals surface area contributed by atoms with E-state index in [-0.39, 0.29) is 0 Å². The minimum absolute atomic E-state index is 0.648. The molecule has 1 aliphatic heterocycles. The van der Waals surface area contributed by atoms with Crippen molar-refractivity contribution >= 4 is 7.82 Å². The lowest BCUT2D eigenvalue weighted by atomic mass is 10.1. The molecule has 2 rings (SSSR count). The number of ether oxygens (including phenoxy) is 1. The third-order valence-corrected chi connectivity index (χ3v) is 4.70. The molecule has 1 saturated heterocycles. The second kappa shape index (κ2) is 11.0. The summed E-state index contributed by atoms with van der Waals surface area (Å²) in [5.41, 5.74) is -1.51. The zero-order chi connectivity index (χ0) is 21.5. The van der Waals surface area contributed by atoms with E-state index in [0.29, 0.717) is 0 Å². The monoisotopic (exact) mass is 425 g/mol. The smallest absolute Gasteiger partial charge is 0.387 e. The summed E-state index contributed by atoms with van der Waals surface area (Å²) in [5.74, 6) is 0. The lowest BCUT2D eigenvalue weighted by Gasteiger charge is -2.16. The second-order valence-corrected chi connectivity index (χ2v) is 7.21. The summed E-state index contributed by atoms with van der Waals surface area (Å²) in [6, 6.07) is 1.02. The zero-order valence-electron chi connectivity index (χ0n) is 16.0. The summed E-state index contributed by atoms with van der Waals surface area (Å²) in [4.78, 5) is 44.0. The van der Waals surface area contributed by atoms with E-state index < -0.39 is 50.2 Å². The highest BCUT2D eigenvalue weighted by Crippen LogP contribution is 2.38. The normalized spacial score (nSPS) is 24.9. The standard InChI is InChI=1S/C9H13N2O9P.C6H15N/c12-5-1-2-11(9(15)10-5)8-7(14)6(13)4(20-8)3-19-21(16,17)18;1-4-7(5-2)6-3/h1-2,4,6-8,13-14H,3H2,(H,10,12,15)(H2,16,17,18);4-6H2,1-3H3/t4-,6-,7-,8-;/m0./s1. The van der Waals surface area contributed by atoms with Gasteiger partial charge in [0.25, 0.3) is 5.56 Å². The van der Waals surface area contributed by atoms with Gasteiger partial charge < -0.3 is 29.6 Å². The van der Waals surface area contributed by atoms with Gasteiger partial charge in [0.15, 0.2) is 6.23 Å². The summed E-state index contributed by atoms with van der Waals surface area (Å²) >= 11 is 0. The van der Waals surface area contributed by atoms with Crippen LogP contribution in [0.3, 0.4) is 0 Å². The van der Waals surface area contributed by atoms with Crippen LogP contribution in [0.1, 0.15) is 27.0 Å². The van der Waals surface area contributed by atoms with Gasteiger partial charge in [-0.05, 0) is 19.6 Å². The number of rotatable bonds is 7. The van der Waals surface area contributed by atoms with Gasteiger partial charge in [0.2, 0.25) is 0 Å². The first-order chi connectivity index (χ1) is 13.0. The Kier molecular flexibility index (Phi) is 9.67. The highest BCUT2D eigenvalue weighted by molar-refractivity contribution is 7.46. The Balaban J connectivity index is 0.000000480. The Morgan fingerprint density at radius 2 is 1.75 bits per heavy atom. The molecule has 1 aromatic heterocycles. The molecule has 0 radical (unpaired) electrons. The van der Waals surface area contributed by atoms with Crippen molar-refractivity contribution in [3.8, 4) is 0 Å². The Morgan fingerprint density at radius 3 is 2.18 bits per heavy atom. The number of hydrogen-bond donors (Lipinski definition) is 5. The maximum Gasteiger partial charge on any atom is 0.469 e. The molecule has 4 atom stereocenters. The third kappa shape index (κ3) is 7.22. The number of nitrogens with zero attached hydrogens (tertiary/aromatic N) is 2. The van der Waals surface area contributed by atoms with Crippen molar-refractivity contribution in [2.75, 3.05) is 26.2 Å². The molecule has 1 aromatic rings. The molecule has 0 unspecified atom stereocenters. The van der Waals surface area contributed by atoms with Crippen LogP contribution in [0.5, 0.6) is 0 Å². The van der Waals surface area contributed by atoms with Crippen LogP contribution in [0.4, 0.5) is 0 Å². The molecule has 0 amide bonds. The SMILES string of the molecule is CCN(CC)CC.O=c1ccn([C@H]2O[C@@H](COP(=O)(O)O)[C@H](O)[C@@H]2O)c(=O)[nH]1. The van der Waals surface area contributed by atoms with E-state index in [2.05, 4.69) is 30.2 Å². The van der Waals surface area contributed by atoms with Crippen LogP contribution in [0.25, 0.3) is 0 Å². The van der Waals surface area contributed by atoms with Gasteiger partial charge in [-0.1, -0.05) is 20.8 Å². The van der Waals surface area contributed by atoms with Crippen LogP contribution < -0.4 is 11.2 Å². The minimum atomic E-state index is -4.76. The predicted molar refractivity (Wildman–Crippen MR) is 98.7 cm³/mol. The molecule has 1 fully saturated rings. The fraction of sp³-hybridized carbons (Fsp3) is 0.733. The number of phosphoric ester groups is 1. The number of nitrogens with one attached hydrogen (secondary N) is 1. The molecule has 12 nitrogen and oxygen atoms in total. The molecule has 1 aliphatic rings. The number of aromatic nitrogens is 2. The van der Waals surface area contributed by atoms with Gasteiger partial charge in [-0.15, -0.1) is 0 Å². The number of aliphatic hydroxyl groups excluding tert-OH is 2. The van der Waals surface area contributed by atoms with Gasteiger partial charge in [-0.2, -0.15) is 0 Å². The Morgan fingerprint density at radius 1 is 1.18 bits per heavy atom. The van der Waals surface area contributed by atoms with Crippen LogP contribution >= 0.6 is 7.82 Å². The zero-order valence-corrected chi connectivity index (χ0v) is 16.9. The fourth-order valence-electron chi connectivity index (χ4n) is 2.57. The van der Waals surface area contributed by atoms with E-state index in [0.717, 1.165) is 16.8 Å². The molecule has 0 aliphatic carbocycles.